The zero-order valence-electron chi connectivity index (χ0n) is 13.4. The van der Waals surface area contributed by atoms with Crippen LogP contribution in [0.2, 0.25) is 0 Å². The molecule has 1 N–H and O–H groups in total. The minimum Gasteiger partial charge on any atom is -0.349 e. The minimum atomic E-state index is -0.178. The zero-order valence-corrected chi connectivity index (χ0v) is 13.4. The Labute approximate surface area is 136 Å². The van der Waals surface area contributed by atoms with Gasteiger partial charge in [0, 0.05) is 24.4 Å². The van der Waals surface area contributed by atoms with E-state index in [1.54, 1.807) is 24.3 Å². The molecule has 3 amide bonds. The number of amides is 3. The lowest BCUT2D eigenvalue weighted by Crippen LogP contribution is -2.41. The Balaban J connectivity index is 1.68. The lowest BCUT2D eigenvalue weighted by molar-refractivity contribution is -0.121. The van der Waals surface area contributed by atoms with E-state index in [0.717, 1.165) is 19.3 Å². The summed E-state index contributed by atoms with van der Waals surface area (Å²) in [7, 11) is 0. The van der Waals surface area contributed by atoms with Crippen LogP contribution in [0.25, 0.3) is 0 Å². The van der Waals surface area contributed by atoms with Crippen molar-refractivity contribution in [3.05, 3.63) is 29.8 Å². The van der Waals surface area contributed by atoms with E-state index in [2.05, 4.69) is 12.2 Å². The van der Waals surface area contributed by atoms with Gasteiger partial charge < -0.3 is 5.32 Å². The van der Waals surface area contributed by atoms with E-state index in [4.69, 9.17) is 0 Å². The van der Waals surface area contributed by atoms with Gasteiger partial charge in [-0.05, 0) is 43.0 Å². The number of imide groups is 1. The second-order valence-electron chi connectivity index (χ2n) is 6.51. The second kappa shape index (κ2) is 6.52. The summed E-state index contributed by atoms with van der Waals surface area (Å²) >= 11 is 0. The third-order valence-corrected chi connectivity index (χ3v) is 4.87. The van der Waals surface area contributed by atoms with E-state index in [1.165, 1.54) is 11.3 Å². The van der Waals surface area contributed by atoms with E-state index in [9.17, 15) is 14.4 Å². The van der Waals surface area contributed by atoms with Crippen molar-refractivity contribution in [3.8, 4) is 0 Å². The molecule has 1 heterocycles. The van der Waals surface area contributed by atoms with E-state index in [-0.39, 0.29) is 36.6 Å². The molecule has 122 valence electrons. The first-order chi connectivity index (χ1) is 11.1. The minimum absolute atomic E-state index is 0.0885. The number of hydrogen-bond donors (Lipinski definition) is 1. The predicted octanol–water partition coefficient (Wildman–Crippen LogP) is 2.65. The summed E-state index contributed by atoms with van der Waals surface area (Å²) in [6, 6.07) is 6.92. The average Bonchev–Trinajstić information content (AvgIpc) is 2.88. The lowest BCUT2D eigenvalue weighted by Gasteiger charge is -2.29. The molecule has 5 nitrogen and oxygen atoms in total. The highest BCUT2D eigenvalue weighted by Gasteiger charge is 2.30. The van der Waals surface area contributed by atoms with Crippen LogP contribution in [-0.2, 0) is 9.59 Å². The molecule has 0 unspecified atom stereocenters. The molecule has 1 aliphatic heterocycles. The van der Waals surface area contributed by atoms with Crippen LogP contribution in [-0.4, -0.2) is 23.8 Å². The number of hydrogen-bond acceptors (Lipinski definition) is 3. The van der Waals surface area contributed by atoms with Crippen molar-refractivity contribution in [2.75, 3.05) is 4.90 Å². The predicted molar refractivity (Wildman–Crippen MR) is 87.1 cm³/mol. The van der Waals surface area contributed by atoms with E-state index >= 15 is 0 Å². The van der Waals surface area contributed by atoms with Crippen LogP contribution in [0.15, 0.2) is 24.3 Å². The molecule has 23 heavy (non-hydrogen) atoms. The fourth-order valence-corrected chi connectivity index (χ4v) is 3.41. The number of carbonyl (C=O) groups excluding carboxylic acids is 3. The normalized spacial score (nSPS) is 24.8. The number of nitrogens with zero attached hydrogens (tertiary/aromatic N) is 1. The van der Waals surface area contributed by atoms with Gasteiger partial charge in [-0.2, -0.15) is 0 Å². The number of benzene rings is 1. The molecule has 0 radical (unpaired) electrons. The van der Waals surface area contributed by atoms with Crippen LogP contribution in [0, 0.1) is 5.92 Å². The first kappa shape index (κ1) is 15.7. The molecule has 0 bridgehead atoms. The smallest absolute Gasteiger partial charge is 0.251 e. The first-order valence-electron chi connectivity index (χ1n) is 8.33. The second-order valence-corrected chi connectivity index (χ2v) is 6.51. The van der Waals surface area contributed by atoms with Crippen molar-refractivity contribution in [2.24, 2.45) is 5.92 Å². The van der Waals surface area contributed by atoms with Crippen molar-refractivity contribution >= 4 is 23.4 Å². The Morgan fingerprint density at radius 2 is 1.65 bits per heavy atom. The number of nitrogens with one attached hydrogen (secondary N) is 1. The number of anilines is 1. The van der Waals surface area contributed by atoms with Gasteiger partial charge in [0.1, 0.15) is 0 Å². The van der Waals surface area contributed by atoms with E-state index < -0.39 is 0 Å². The van der Waals surface area contributed by atoms with Crippen LogP contribution in [0.1, 0.15) is 55.8 Å². The van der Waals surface area contributed by atoms with E-state index in [0.29, 0.717) is 17.2 Å². The molecule has 2 fully saturated rings. The van der Waals surface area contributed by atoms with Gasteiger partial charge in [0.05, 0.1) is 5.69 Å². The quantitative estimate of drug-likeness (QED) is 0.872. The number of carbonyl (C=O) groups is 3. The van der Waals surface area contributed by atoms with Crippen molar-refractivity contribution in [2.45, 2.75) is 51.5 Å². The average molecular weight is 314 g/mol. The Kier molecular flexibility index (Phi) is 4.46. The van der Waals surface area contributed by atoms with Crippen LogP contribution in [0.4, 0.5) is 5.69 Å². The van der Waals surface area contributed by atoms with Gasteiger partial charge in [-0.3, -0.25) is 19.3 Å². The van der Waals surface area contributed by atoms with Crippen LogP contribution in [0.3, 0.4) is 0 Å². The van der Waals surface area contributed by atoms with Gasteiger partial charge in [0.25, 0.3) is 5.91 Å². The maximum atomic E-state index is 12.4. The monoisotopic (exact) mass is 314 g/mol. The molecular weight excluding hydrogens is 292 g/mol. The largest absolute Gasteiger partial charge is 0.349 e. The summed E-state index contributed by atoms with van der Waals surface area (Å²) in [5.41, 5.74) is 1.10. The molecular formula is C18H22N2O3. The summed E-state index contributed by atoms with van der Waals surface area (Å²) in [6.07, 6.45) is 5.11. The van der Waals surface area contributed by atoms with Gasteiger partial charge >= 0.3 is 0 Å². The zero-order chi connectivity index (χ0) is 16.4. The third-order valence-electron chi connectivity index (χ3n) is 4.87. The van der Waals surface area contributed by atoms with Gasteiger partial charge in [0.15, 0.2) is 0 Å². The fraction of sp³-hybridized carbons (Fsp3) is 0.500. The lowest BCUT2D eigenvalue weighted by atomic mass is 9.86. The summed E-state index contributed by atoms with van der Waals surface area (Å²) in [5.74, 6) is 0.0626. The molecule has 1 aromatic rings. The van der Waals surface area contributed by atoms with Gasteiger partial charge in [-0.25, -0.2) is 0 Å². The Morgan fingerprint density at radius 3 is 2.26 bits per heavy atom. The maximum Gasteiger partial charge on any atom is 0.251 e. The fourth-order valence-electron chi connectivity index (χ4n) is 3.41. The molecule has 0 spiro atoms. The standard InChI is InChI=1S/C18H22N2O3/c1-12-4-2-3-5-15(12)19-18(23)13-6-8-14(9-7-13)20-16(21)10-11-17(20)22/h6-9,12,15H,2-5,10-11H2,1H3,(H,19,23)/t12-,15+/m1/s1. The third kappa shape index (κ3) is 3.28. The Hall–Kier alpha value is -2.17. The molecule has 3 rings (SSSR count). The Morgan fingerprint density at radius 1 is 1.04 bits per heavy atom. The van der Waals surface area contributed by atoms with Gasteiger partial charge in [-0.1, -0.05) is 19.8 Å². The highest BCUT2D eigenvalue weighted by Crippen LogP contribution is 2.25. The van der Waals surface area contributed by atoms with Crippen molar-refractivity contribution in [1.82, 2.24) is 5.32 Å². The summed E-state index contributed by atoms with van der Waals surface area (Å²) in [4.78, 5) is 37.0. The molecule has 1 saturated carbocycles. The van der Waals surface area contributed by atoms with Crippen LogP contribution in [0.5, 0.6) is 0 Å². The summed E-state index contributed by atoms with van der Waals surface area (Å²) in [5, 5.41) is 3.11. The molecule has 1 aromatic carbocycles. The summed E-state index contributed by atoms with van der Waals surface area (Å²) < 4.78 is 0. The molecule has 1 saturated heterocycles. The number of rotatable bonds is 3. The van der Waals surface area contributed by atoms with Crippen LogP contribution < -0.4 is 10.2 Å². The van der Waals surface area contributed by atoms with Crippen molar-refractivity contribution in [1.29, 1.82) is 0 Å². The molecule has 2 aliphatic rings. The van der Waals surface area contributed by atoms with Crippen LogP contribution >= 0.6 is 0 Å². The van der Waals surface area contributed by atoms with Crippen molar-refractivity contribution < 1.29 is 14.4 Å². The summed E-state index contributed by atoms with van der Waals surface area (Å²) in [6.45, 7) is 2.18. The Bertz CT molecular complexity index is 608. The van der Waals surface area contributed by atoms with Gasteiger partial charge in [-0.15, -0.1) is 0 Å². The highest BCUT2D eigenvalue weighted by atomic mass is 16.2. The SMILES string of the molecule is C[C@@H]1CCCC[C@@H]1NC(=O)c1ccc(N2C(=O)CCC2=O)cc1. The highest BCUT2D eigenvalue weighted by molar-refractivity contribution is 6.19. The van der Waals surface area contributed by atoms with Crippen molar-refractivity contribution in [3.63, 3.8) is 0 Å². The molecule has 2 atom stereocenters. The maximum absolute atomic E-state index is 12.4. The van der Waals surface area contributed by atoms with E-state index in [1.807, 2.05) is 0 Å². The first-order valence-corrected chi connectivity index (χ1v) is 8.33. The molecule has 0 aromatic heterocycles. The molecule has 5 heteroatoms. The topological polar surface area (TPSA) is 66.5 Å². The molecule has 1 aliphatic carbocycles. The van der Waals surface area contributed by atoms with Gasteiger partial charge in [0.2, 0.25) is 11.8 Å².